The monoisotopic (exact) mass is 438 g/mol. The Morgan fingerprint density at radius 2 is 1.12 bits per heavy atom. The first kappa shape index (κ1) is 22.6. The van der Waals surface area contributed by atoms with Crippen molar-refractivity contribution in [1.82, 2.24) is 0 Å². The Bertz CT molecular complexity index is 104. The molecule has 0 amide bonds. The van der Waals surface area contributed by atoms with Crippen molar-refractivity contribution in [3.05, 3.63) is 0 Å². The van der Waals surface area contributed by atoms with E-state index in [4.69, 9.17) is 15.9 Å². The van der Waals surface area contributed by atoms with Gasteiger partial charge in [-0.3, -0.25) is 0 Å². The quantitative estimate of drug-likeness (QED) is 0.452. The third-order valence-electron chi connectivity index (χ3n) is 0. The van der Waals surface area contributed by atoms with Crippen molar-refractivity contribution >= 4 is 37.7 Å². The summed E-state index contributed by atoms with van der Waals surface area (Å²) in [5, 5.41) is 0. The van der Waals surface area contributed by atoms with Crippen LogP contribution in [0.5, 0.6) is 0 Å². The zero-order valence-electron chi connectivity index (χ0n) is 5.98. The van der Waals surface area contributed by atoms with Gasteiger partial charge in [-0.1, -0.05) is 0 Å². The van der Waals surface area contributed by atoms with Crippen molar-refractivity contribution in [2.24, 2.45) is 0 Å². The van der Waals surface area contributed by atoms with Gasteiger partial charge < -0.3 is 2.85 Å². The van der Waals surface area contributed by atoms with Gasteiger partial charge in [-0.2, -0.15) is 0 Å². The molecule has 0 saturated heterocycles. The molecule has 0 aromatic carbocycles. The maximum atomic E-state index is 8.82. The summed E-state index contributed by atoms with van der Waals surface area (Å²) in [5.41, 5.74) is 0. The molecule has 2 N–H and O–H groups in total. The second-order valence-corrected chi connectivity index (χ2v) is 1.85. The van der Waals surface area contributed by atoms with Gasteiger partial charge in [0.25, 0.3) is 0 Å². The van der Waals surface area contributed by atoms with E-state index in [-0.39, 0.29) is 112 Å². The molecule has 0 aliphatic heterocycles. The molecule has 0 atom stereocenters. The van der Waals surface area contributed by atoms with Crippen molar-refractivity contribution in [3.63, 3.8) is 0 Å². The molecule has 0 unspecified atom stereocenters. The van der Waals surface area contributed by atoms with Crippen molar-refractivity contribution in [3.8, 4) is 0 Å². The minimum atomic E-state index is -5.25. The Morgan fingerprint density at radius 3 is 1.12 bits per heavy atom. The molecule has 42 valence electrons. The summed E-state index contributed by atoms with van der Waals surface area (Å²) in [7, 11) is 0. The Hall–Kier alpha value is 3.70. The second kappa shape index (κ2) is 10.7. The average Bonchev–Trinajstić information content (AvgIpc) is 0.722. The van der Waals surface area contributed by atoms with E-state index in [0.717, 1.165) is 0 Å². The SMILES string of the molecule is [Ca+2].[H-].[H-].[La].[La].[O]=[Cr](=[O])([OH])[OH]. The summed E-state index contributed by atoms with van der Waals surface area (Å²) in [6.07, 6.45) is 0. The molecule has 0 aliphatic rings. The molecule has 8 heteroatoms. The molecule has 8 heavy (non-hydrogen) atoms. The van der Waals surface area contributed by atoms with Gasteiger partial charge in [0, 0.05) is 71.2 Å². The Morgan fingerprint density at radius 1 is 1.12 bits per heavy atom. The first-order valence-corrected chi connectivity index (χ1v) is 2.88. The Labute approximate surface area is 138 Å². The molecule has 0 heterocycles. The van der Waals surface area contributed by atoms with Crippen molar-refractivity contribution in [2.75, 3.05) is 0 Å². The van der Waals surface area contributed by atoms with Crippen LogP contribution in [0.1, 0.15) is 2.85 Å². The summed E-state index contributed by atoms with van der Waals surface area (Å²) in [4.78, 5) is 0. The van der Waals surface area contributed by atoms with E-state index in [2.05, 4.69) is 0 Å². The standard InChI is InChI=1S/Ca.Cr.2La.2H2O.2O.2H/h;;;;2*1H2;;;;/q2*+2;;;;;;;2*-1/p-2. The van der Waals surface area contributed by atoms with Crippen LogP contribution in [-0.2, 0) is 21.2 Å². The molecule has 4 nitrogen and oxygen atoms in total. The van der Waals surface area contributed by atoms with E-state index in [0.29, 0.717) is 0 Å². The topological polar surface area (TPSA) is 74.6 Å². The fourth-order valence-electron chi connectivity index (χ4n) is 0. The third kappa shape index (κ3) is 53.6. The summed E-state index contributed by atoms with van der Waals surface area (Å²) in [6.45, 7) is 0. The van der Waals surface area contributed by atoms with Gasteiger partial charge in [0.2, 0.25) is 0 Å². The number of rotatable bonds is 0. The average molecular weight is 438 g/mol. The molecule has 0 aliphatic carbocycles. The summed E-state index contributed by atoms with van der Waals surface area (Å²) in [5.74, 6) is 0. The van der Waals surface area contributed by atoms with Gasteiger partial charge in [-0.15, -0.1) is 0 Å². The van der Waals surface area contributed by atoms with Crippen LogP contribution in [0.15, 0.2) is 0 Å². The first-order chi connectivity index (χ1) is 2.00. The molecule has 2 radical (unpaired) electrons. The fraction of sp³-hybridized carbons (Fsp3) is 0. The molecule has 0 bridgehead atoms. The van der Waals surface area contributed by atoms with Gasteiger partial charge in [0.1, 0.15) is 0 Å². The van der Waals surface area contributed by atoms with E-state index >= 15 is 0 Å². The minimum absolute atomic E-state index is 0. The number of hydrogen-bond donors (Lipinski definition) is 2. The fourth-order valence-corrected chi connectivity index (χ4v) is 0. The molecular formula is H4CaCrLa2O4. The van der Waals surface area contributed by atoms with E-state index in [1.807, 2.05) is 0 Å². The van der Waals surface area contributed by atoms with Gasteiger partial charge in [-0.05, 0) is 0 Å². The van der Waals surface area contributed by atoms with Crippen LogP contribution in [0.2, 0.25) is 0 Å². The van der Waals surface area contributed by atoms with Gasteiger partial charge in [0.05, 0.1) is 0 Å². The Kier molecular flexibility index (Phi) is 30.2. The van der Waals surface area contributed by atoms with Crippen molar-refractivity contribution in [2.45, 2.75) is 0 Å². The summed E-state index contributed by atoms with van der Waals surface area (Å²) >= 11 is -5.25. The summed E-state index contributed by atoms with van der Waals surface area (Å²) in [6, 6.07) is 0. The van der Waals surface area contributed by atoms with Crippen LogP contribution in [0.3, 0.4) is 0 Å². The summed E-state index contributed by atoms with van der Waals surface area (Å²) < 4.78 is 31.9. The maximum absolute atomic E-state index is 8.82. The van der Waals surface area contributed by atoms with Crippen molar-refractivity contribution < 1.29 is 104 Å². The zero-order valence-corrected chi connectivity index (χ0v) is 14.7. The third-order valence-corrected chi connectivity index (χ3v) is 0. The molecule has 0 spiro atoms. The van der Waals surface area contributed by atoms with Crippen LogP contribution in [0.4, 0.5) is 0 Å². The van der Waals surface area contributed by atoms with Gasteiger partial charge in [0.15, 0.2) is 0 Å². The van der Waals surface area contributed by atoms with E-state index in [1.165, 1.54) is 0 Å². The Balaban J connectivity index is -0.00000000800. The predicted molar refractivity (Wildman–Crippen MR) is 13.8 cm³/mol. The van der Waals surface area contributed by atoms with Gasteiger partial charge in [-0.25, -0.2) is 0 Å². The molecule has 0 rings (SSSR count). The first-order valence-electron chi connectivity index (χ1n) is 0.698. The molecule has 0 aromatic rings. The molecule has 0 aromatic heterocycles. The van der Waals surface area contributed by atoms with Crippen LogP contribution in [0, 0.1) is 71.2 Å². The predicted octanol–water partition coefficient (Wildman–Crippen LogP) is -1.51. The van der Waals surface area contributed by atoms with Crippen LogP contribution in [0.25, 0.3) is 0 Å². The van der Waals surface area contributed by atoms with E-state index < -0.39 is 13.6 Å². The second-order valence-electron chi connectivity index (χ2n) is 0.448. The van der Waals surface area contributed by atoms with E-state index in [1.54, 1.807) is 0 Å². The molecular weight excluding hydrogens is 434 g/mol. The molecule has 0 saturated carbocycles. The van der Waals surface area contributed by atoms with Crippen LogP contribution >= 0.6 is 0 Å². The number of hydrogen-bond acceptors (Lipinski definition) is 2. The van der Waals surface area contributed by atoms with Crippen molar-refractivity contribution in [1.29, 1.82) is 0 Å². The van der Waals surface area contributed by atoms with Gasteiger partial charge >= 0.3 is 67.3 Å². The zero-order chi connectivity index (χ0) is 4.50. The van der Waals surface area contributed by atoms with Crippen LogP contribution in [-0.4, -0.2) is 46.1 Å². The van der Waals surface area contributed by atoms with E-state index in [9.17, 15) is 0 Å². The van der Waals surface area contributed by atoms with Crippen LogP contribution < -0.4 is 0 Å². The normalized spacial score (nSPS) is 7.25. The molecule has 0 fully saturated rings.